The van der Waals surface area contributed by atoms with Crippen molar-refractivity contribution in [2.24, 2.45) is 5.73 Å². The van der Waals surface area contributed by atoms with Crippen LogP contribution in [0.15, 0.2) is 23.1 Å². The first-order valence-electron chi connectivity index (χ1n) is 7.73. The highest BCUT2D eigenvalue weighted by Gasteiger charge is 2.25. The minimum atomic E-state index is -0.680. The van der Waals surface area contributed by atoms with Crippen LogP contribution in [0.5, 0.6) is 0 Å². The average Bonchev–Trinajstić information content (AvgIpc) is 2.91. The third-order valence-corrected chi connectivity index (χ3v) is 6.58. The normalized spacial score (nSPS) is 10.5. The number of anilines is 1. The number of ether oxygens (including phenoxy) is 1. The molecule has 0 bridgehead atoms. The number of rotatable bonds is 7. The molecule has 1 heterocycles. The number of nitrogens with two attached hydrogens (primary N) is 1. The van der Waals surface area contributed by atoms with E-state index in [0.717, 1.165) is 23.1 Å². The maximum absolute atomic E-state index is 12.4. The topological polar surface area (TPSA) is 98.5 Å². The molecule has 1 aromatic heterocycles. The summed E-state index contributed by atoms with van der Waals surface area (Å²) in [5.74, 6) is -1.69. The van der Waals surface area contributed by atoms with Crippen LogP contribution in [0.3, 0.4) is 0 Å². The number of carbonyl (C=O) groups excluding carboxylic acids is 3. The van der Waals surface area contributed by atoms with Crippen molar-refractivity contribution in [2.75, 3.05) is 17.7 Å². The van der Waals surface area contributed by atoms with Gasteiger partial charge in [0.1, 0.15) is 5.00 Å². The van der Waals surface area contributed by atoms with Gasteiger partial charge in [-0.3, -0.25) is 9.59 Å². The molecule has 6 nitrogen and oxygen atoms in total. The summed E-state index contributed by atoms with van der Waals surface area (Å²) in [4.78, 5) is 36.9. The van der Waals surface area contributed by atoms with E-state index in [1.54, 1.807) is 32.0 Å². The molecule has 27 heavy (non-hydrogen) atoms. The van der Waals surface area contributed by atoms with Gasteiger partial charge in [0.05, 0.1) is 32.8 Å². The summed E-state index contributed by atoms with van der Waals surface area (Å²) in [6.45, 7) is 3.40. The molecule has 3 N–H and O–H groups in total. The van der Waals surface area contributed by atoms with E-state index in [9.17, 15) is 14.4 Å². The molecule has 0 saturated heterocycles. The molecule has 0 fully saturated rings. The molecule has 144 valence electrons. The second-order valence-corrected chi connectivity index (χ2v) is 8.05. The Morgan fingerprint density at radius 1 is 1.26 bits per heavy atom. The summed E-state index contributed by atoms with van der Waals surface area (Å²) < 4.78 is 5.01. The zero-order valence-corrected chi connectivity index (χ0v) is 17.6. The number of hydrogen-bond donors (Lipinski definition) is 2. The first-order chi connectivity index (χ1) is 12.8. The van der Waals surface area contributed by atoms with Gasteiger partial charge in [0, 0.05) is 4.90 Å². The summed E-state index contributed by atoms with van der Waals surface area (Å²) in [7, 11) is 0. The smallest absolute Gasteiger partial charge is 0.341 e. The quantitative estimate of drug-likeness (QED) is 0.485. The summed E-state index contributed by atoms with van der Waals surface area (Å²) >= 11 is 14.3. The highest BCUT2D eigenvalue weighted by atomic mass is 35.5. The zero-order chi connectivity index (χ0) is 20.1. The van der Waals surface area contributed by atoms with Gasteiger partial charge in [0.2, 0.25) is 5.91 Å². The summed E-state index contributed by atoms with van der Waals surface area (Å²) in [5, 5.41) is 3.74. The second kappa shape index (κ2) is 9.45. The molecular formula is C17H16Cl2N2O4S2. The third kappa shape index (κ3) is 5.16. The van der Waals surface area contributed by atoms with Crippen LogP contribution in [0.2, 0.25) is 10.0 Å². The number of esters is 1. The van der Waals surface area contributed by atoms with Crippen molar-refractivity contribution in [3.63, 3.8) is 0 Å². The fraction of sp³-hybridized carbons (Fsp3) is 0.235. The minimum absolute atomic E-state index is 0.00850. The van der Waals surface area contributed by atoms with Crippen molar-refractivity contribution in [2.45, 2.75) is 18.7 Å². The van der Waals surface area contributed by atoms with E-state index in [1.807, 2.05) is 0 Å². The molecule has 0 atom stereocenters. The predicted octanol–water partition coefficient (Wildman–Crippen LogP) is 4.37. The zero-order valence-electron chi connectivity index (χ0n) is 14.4. The third-order valence-electron chi connectivity index (χ3n) is 3.37. The number of thioether (sulfide) groups is 1. The maximum Gasteiger partial charge on any atom is 0.341 e. The molecule has 0 aliphatic carbocycles. The van der Waals surface area contributed by atoms with Crippen molar-refractivity contribution >= 4 is 69.1 Å². The van der Waals surface area contributed by atoms with Gasteiger partial charge in [0.25, 0.3) is 5.91 Å². The average molecular weight is 447 g/mol. The number of thiophene rings is 1. The van der Waals surface area contributed by atoms with E-state index >= 15 is 0 Å². The van der Waals surface area contributed by atoms with Gasteiger partial charge >= 0.3 is 5.97 Å². The van der Waals surface area contributed by atoms with E-state index in [-0.39, 0.29) is 33.7 Å². The molecule has 0 unspecified atom stereocenters. The molecule has 2 amide bonds. The summed E-state index contributed by atoms with van der Waals surface area (Å²) in [6.07, 6.45) is 0. The van der Waals surface area contributed by atoms with E-state index in [1.165, 1.54) is 0 Å². The van der Waals surface area contributed by atoms with Crippen LogP contribution in [0.4, 0.5) is 5.00 Å². The maximum atomic E-state index is 12.4. The van der Waals surface area contributed by atoms with Crippen molar-refractivity contribution in [3.05, 3.63) is 44.2 Å². The lowest BCUT2D eigenvalue weighted by Gasteiger charge is -2.08. The van der Waals surface area contributed by atoms with Crippen LogP contribution in [0, 0.1) is 6.92 Å². The number of amides is 2. The van der Waals surface area contributed by atoms with Crippen LogP contribution in [-0.2, 0) is 9.53 Å². The lowest BCUT2D eigenvalue weighted by atomic mass is 10.1. The fourth-order valence-corrected chi connectivity index (χ4v) is 4.75. The molecule has 2 rings (SSSR count). The fourth-order valence-electron chi connectivity index (χ4n) is 2.21. The molecular weight excluding hydrogens is 431 g/mol. The number of primary amides is 1. The Morgan fingerprint density at radius 3 is 2.44 bits per heavy atom. The second-order valence-electron chi connectivity index (χ2n) is 5.23. The van der Waals surface area contributed by atoms with Gasteiger partial charge in [-0.2, -0.15) is 0 Å². The highest BCUT2D eigenvalue weighted by Crippen LogP contribution is 2.36. The van der Waals surface area contributed by atoms with Crippen molar-refractivity contribution < 1.29 is 19.1 Å². The van der Waals surface area contributed by atoms with Gasteiger partial charge < -0.3 is 15.8 Å². The Labute approximate surface area is 174 Å². The molecule has 1 aromatic carbocycles. The first-order valence-corrected chi connectivity index (χ1v) is 10.3. The van der Waals surface area contributed by atoms with E-state index in [2.05, 4.69) is 5.32 Å². The van der Waals surface area contributed by atoms with Gasteiger partial charge in [-0.15, -0.1) is 23.1 Å². The lowest BCUT2D eigenvalue weighted by Crippen LogP contribution is -2.16. The number of nitrogens with one attached hydrogen (secondary N) is 1. The number of hydrogen-bond acceptors (Lipinski definition) is 6. The van der Waals surface area contributed by atoms with Crippen LogP contribution in [0.1, 0.15) is 32.5 Å². The van der Waals surface area contributed by atoms with Gasteiger partial charge in [-0.05, 0) is 31.5 Å². The molecule has 0 radical (unpaired) electrons. The predicted molar refractivity (Wildman–Crippen MR) is 109 cm³/mol. The van der Waals surface area contributed by atoms with Crippen LogP contribution in [0.25, 0.3) is 0 Å². The van der Waals surface area contributed by atoms with Crippen molar-refractivity contribution in [1.82, 2.24) is 0 Å². The van der Waals surface area contributed by atoms with Crippen LogP contribution < -0.4 is 11.1 Å². The van der Waals surface area contributed by atoms with Crippen molar-refractivity contribution in [1.29, 1.82) is 0 Å². The van der Waals surface area contributed by atoms with Crippen molar-refractivity contribution in [3.8, 4) is 0 Å². The molecule has 0 aliphatic heterocycles. The molecule has 2 aromatic rings. The van der Waals surface area contributed by atoms with Crippen LogP contribution >= 0.6 is 46.3 Å². The Balaban J connectivity index is 2.20. The number of halogens is 2. The van der Waals surface area contributed by atoms with Gasteiger partial charge in [-0.25, -0.2) is 4.79 Å². The van der Waals surface area contributed by atoms with Gasteiger partial charge in [0.15, 0.2) is 0 Å². The Hall–Kier alpha value is -1.74. The monoisotopic (exact) mass is 446 g/mol. The largest absolute Gasteiger partial charge is 0.462 e. The van der Waals surface area contributed by atoms with Gasteiger partial charge in [-0.1, -0.05) is 29.3 Å². The Morgan fingerprint density at radius 2 is 1.89 bits per heavy atom. The van der Waals surface area contributed by atoms with E-state index in [4.69, 9.17) is 33.7 Å². The molecule has 0 aliphatic rings. The Kier molecular flexibility index (Phi) is 7.55. The Bertz CT molecular complexity index is 879. The lowest BCUT2D eigenvalue weighted by molar-refractivity contribution is -0.113. The minimum Gasteiger partial charge on any atom is -0.462 e. The van der Waals surface area contributed by atoms with E-state index < -0.39 is 11.9 Å². The molecule has 0 saturated carbocycles. The SMILES string of the molecule is CCOC(=O)c1c(NC(=O)CSc2c(Cl)cccc2Cl)sc(C(N)=O)c1C. The molecule has 0 spiro atoms. The number of benzene rings is 1. The highest BCUT2D eigenvalue weighted by molar-refractivity contribution is 8.00. The number of carbonyl (C=O) groups is 3. The molecule has 10 heteroatoms. The summed E-state index contributed by atoms with van der Waals surface area (Å²) in [5.41, 5.74) is 5.85. The first kappa shape index (κ1) is 21.6. The van der Waals surface area contributed by atoms with E-state index in [0.29, 0.717) is 20.5 Å². The van der Waals surface area contributed by atoms with Crippen LogP contribution in [-0.4, -0.2) is 30.1 Å². The standard InChI is InChI=1S/C17H16Cl2N2O4S2/c1-3-25-17(24)12-8(2)13(15(20)23)27-16(12)21-11(22)7-26-14-9(18)5-4-6-10(14)19/h4-6H,3,7H2,1-2H3,(H2,20,23)(H,21,22). The summed E-state index contributed by atoms with van der Waals surface area (Å²) in [6, 6.07) is 5.06.